The van der Waals surface area contributed by atoms with Gasteiger partial charge in [0.15, 0.2) is 0 Å². The van der Waals surface area contributed by atoms with Gasteiger partial charge in [0.25, 0.3) is 10.1 Å². The van der Waals surface area contributed by atoms with Crippen molar-refractivity contribution in [1.29, 1.82) is 0 Å². The summed E-state index contributed by atoms with van der Waals surface area (Å²) >= 11 is 1.51. The van der Waals surface area contributed by atoms with Gasteiger partial charge in [-0.2, -0.15) is 21.6 Å². The Labute approximate surface area is 103 Å². The topological polar surface area (TPSA) is 80.7 Å². The van der Waals surface area contributed by atoms with Gasteiger partial charge < -0.3 is 4.74 Å². The molecule has 0 aromatic rings. The molecular formula is C6H8F3IO5S. The minimum Gasteiger partial charge on any atom is -0.451 e. The monoisotopic (exact) mass is 376 g/mol. The standard InChI is InChI=1S/C6H8F3IO5S/c1-3(10)5(11)15-4(6(7,8)9)2-16(12,13)14/h3-4H,2H2,1H3,(H,12,13,14). The summed E-state index contributed by atoms with van der Waals surface area (Å²) in [7, 11) is -4.88. The van der Waals surface area contributed by atoms with Crippen molar-refractivity contribution in [2.75, 3.05) is 5.75 Å². The lowest BCUT2D eigenvalue weighted by atomic mass is 10.4. The second-order valence-corrected chi connectivity index (χ2v) is 6.20. The molecule has 0 spiro atoms. The minimum atomic E-state index is -5.04. The van der Waals surface area contributed by atoms with Crippen LogP contribution in [-0.4, -0.2) is 40.9 Å². The number of esters is 1. The molecule has 0 aliphatic carbocycles. The summed E-state index contributed by atoms with van der Waals surface area (Å²) in [6, 6.07) is 0. The summed E-state index contributed by atoms with van der Waals surface area (Å²) in [4.78, 5) is 10.9. The second-order valence-electron chi connectivity index (χ2n) is 2.83. The first-order valence-corrected chi connectivity index (χ1v) is 6.65. The third-order valence-corrected chi connectivity index (χ3v) is 2.54. The summed E-state index contributed by atoms with van der Waals surface area (Å²) < 4.78 is 68.6. The van der Waals surface area contributed by atoms with Crippen LogP contribution in [-0.2, 0) is 19.6 Å². The number of hydrogen-bond acceptors (Lipinski definition) is 4. The molecule has 16 heavy (non-hydrogen) atoms. The second kappa shape index (κ2) is 5.49. The van der Waals surface area contributed by atoms with Gasteiger partial charge in [0.05, 0.1) is 0 Å². The van der Waals surface area contributed by atoms with E-state index in [0.29, 0.717) is 0 Å². The summed E-state index contributed by atoms with van der Waals surface area (Å²) in [5, 5.41) is 0. The summed E-state index contributed by atoms with van der Waals surface area (Å²) in [5.41, 5.74) is 0. The van der Waals surface area contributed by atoms with Crippen LogP contribution in [0, 0.1) is 0 Å². The average molecular weight is 376 g/mol. The Morgan fingerprint density at radius 2 is 1.94 bits per heavy atom. The molecule has 0 aromatic carbocycles. The van der Waals surface area contributed by atoms with Crippen LogP contribution in [0.5, 0.6) is 0 Å². The van der Waals surface area contributed by atoms with Crippen molar-refractivity contribution in [3.8, 4) is 0 Å². The summed E-state index contributed by atoms with van der Waals surface area (Å²) in [5.74, 6) is -2.91. The van der Waals surface area contributed by atoms with E-state index in [2.05, 4.69) is 4.74 Å². The molecule has 0 aromatic heterocycles. The molecule has 0 heterocycles. The molecule has 0 aliphatic heterocycles. The SMILES string of the molecule is CC(I)C(=O)OC(CS(=O)(=O)O)C(F)(F)F. The highest BCUT2D eigenvalue weighted by molar-refractivity contribution is 14.1. The Balaban J connectivity index is 4.78. The highest BCUT2D eigenvalue weighted by Gasteiger charge is 2.45. The van der Waals surface area contributed by atoms with Gasteiger partial charge in [-0.1, -0.05) is 22.6 Å². The highest BCUT2D eigenvalue weighted by Crippen LogP contribution is 2.25. The van der Waals surface area contributed by atoms with Gasteiger partial charge in [-0.05, 0) is 6.92 Å². The highest BCUT2D eigenvalue weighted by atomic mass is 127. The molecule has 0 saturated carbocycles. The molecule has 2 unspecified atom stereocenters. The Kier molecular flexibility index (Phi) is 5.46. The van der Waals surface area contributed by atoms with Crippen molar-refractivity contribution in [2.24, 2.45) is 0 Å². The molecule has 0 bridgehead atoms. The van der Waals surface area contributed by atoms with Gasteiger partial charge in [0.1, 0.15) is 9.68 Å². The zero-order valence-electron chi connectivity index (χ0n) is 7.86. The fourth-order valence-electron chi connectivity index (χ4n) is 0.621. The predicted molar refractivity (Wildman–Crippen MR) is 55.8 cm³/mol. The van der Waals surface area contributed by atoms with Crippen LogP contribution < -0.4 is 0 Å². The number of carbonyl (C=O) groups is 1. The maximum atomic E-state index is 12.2. The van der Waals surface area contributed by atoms with Gasteiger partial charge >= 0.3 is 12.1 Å². The maximum absolute atomic E-state index is 12.2. The first kappa shape index (κ1) is 15.9. The van der Waals surface area contributed by atoms with E-state index >= 15 is 0 Å². The van der Waals surface area contributed by atoms with E-state index in [1.807, 2.05) is 0 Å². The lowest BCUT2D eigenvalue weighted by molar-refractivity contribution is -0.214. The predicted octanol–water partition coefficient (Wildman–Crippen LogP) is 1.17. The fourth-order valence-corrected chi connectivity index (χ4v) is 1.41. The summed E-state index contributed by atoms with van der Waals surface area (Å²) in [6.07, 6.45) is -7.90. The Morgan fingerprint density at radius 3 is 2.19 bits per heavy atom. The van der Waals surface area contributed by atoms with Crippen LogP contribution in [0.25, 0.3) is 0 Å². The quantitative estimate of drug-likeness (QED) is 0.345. The van der Waals surface area contributed by atoms with Crippen molar-refractivity contribution in [3.05, 3.63) is 0 Å². The lowest BCUT2D eigenvalue weighted by Gasteiger charge is -2.19. The van der Waals surface area contributed by atoms with E-state index in [4.69, 9.17) is 4.55 Å². The van der Waals surface area contributed by atoms with Crippen molar-refractivity contribution in [3.63, 3.8) is 0 Å². The number of alkyl halides is 4. The molecule has 1 N–H and O–H groups in total. The van der Waals surface area contributed by atoms with Crippen LogP contribution >= 0.6 is 22.6 Å². The molecule has 0 fully saturated rings. The number of ether oxygens (including phenoxy) is 1. The van der Waals surface area contributed by atoms with Gasteiger partial charge in [0, 0.05) is 0 Å². The van der Waals surface area contributed by atoms with Crippen LogP contribution in [0.1, 0.15) is 6.92 Å². The van der Waals surface area contributed by atoms with Crippen LogP contribution in [0.4, 0.5) is 13.2 Å². The van der Waals surface area contributed by atoms with Gasteiger partial charge in [-0.25, -0.2) is 0 Å². The number of carbonyl (C=O) groups excluding carboxylic acids is 1. The third kappa shape index (κ3) is 6.48. The van der Waals surface area contributed by atoms with Crippen molar-refractivity contribution < 1.29 is 35.7 Å². The van der Waals surface area contributed by atoms with Crippen molar-refractivity contribution in [2.45, 2.75) is 23.1 Å². The molecule has 0 saturated heterocycles. The van der Waals surface area contributed by atoms with Gasteiger partial charge in [0.2, 0.25) is 6.10 Å². The minimum absolute atomic E-state index is 0.858. The largest absolute Gasteiger partial charge is 0.451 e. The Bertz CT molecular complexity index is 350. The molecule has 0 aliphatic rings. The van der Waals surface area contributed by atoms with E-state index in [-0.39, 0.29) is 0 Å². The molecule has 0 amide bonds. The maximum Gasteiger partial charge on any atom is 0.426 e. The normalized spacial score (nSPS) is 16.6. The van der Waals surface area contributed by atoms with Gasteiger partial charge in [-0.15, -0.1) is 0 Å². The van der Waals surface area contributed by atoms with E-state index in [0.717, 1.165) is 0 Å². The van der Waals surface area contributed by atoms with Crippen LogP contribution in [0.15, 0.2) is 0 Å². The molecule has 5 nitrogen and oxygen atoms in total. The van der Waals surface area contributed by atoms with Crippen molar-refractivity contribution in [1.82, 2.24) is 0 Å². The number of halogens is 4. The first-order chi connectivity index (χ1) is 6.93. The average Bonchev–Trinajstić information content (AvgIpc) is 1.98. The Hall–Kier alpha value is -0.100. The Morgan fingerprint density at radius 1 is 1.50 bits per heavy atom. The molecule has 2 atom stereocenters. The fraction of sp³-hybridized carbons (Fsp3) is 0.833. The molecular weight excluding hydrogens is 368 g/mol. The molecule has 96 valence electrons. The zero-order chi connectivity index (χ0) is 13.1. The number of hydrogen-bond donors (Lipinski definition) is 1. The number of rotatable bonds is 4. The molecule has 10 heteroatoms. The smallest absolute Gasteiger partial charge is 0.426 e. The zero-order valence-corrected chi connectivity index (χ0v) is 10.8. The van der Waals surface area contributed by atoms with E-state index in [9.17, 15) is 26.4 Å². The molecule has 0 radical (unpaired) electrons. The lowest BCUT2D eigenvalue weighted by Crippen LogP contribution is -2.40. The van der Waals surface area contributed by atoms with E-state index in [1.165, 1.54) is 29.5 Å². The first-order valence-electron chi connectivity index (χ1n) is 3.80. The third-order valence-electron chi connectivity index (χ3n) is 1.31. The van der Waals surface area contributed by atoms with Crippen molar-refractivity contribution >= 4 is 38.7 Å². The summed E-state index contributed by atoms with van der Waals surface area (Å²) in [6.45, 7) is 1.28. The van der Waals surface area contributed by atoms with Crippen LogP contribution in [0.3, 0.4) is 0 Å². The van der Waals surface area contributed by atoms with Gasteiger partial charge in [-0.3, -0.25) is 9.35 Å². The molecule has 0 rings (SSSR count). The van der Waals surface area contributed by atoms with E-state index in [1.54, 1.807) is 0 Å². The van der Waals surface area contributed by atoms with E-state index < -0.39 is 38.0 Å². The van der Waals surface area contributed by atoms with Crippen LogP contribution in [0.2, 0.25) is 0 Å².